The van der Waals surface area contributed by atoms with Crippen molar-refractivity contribution in [1.29, 1.82) is 0 Å². The summed E-state index contributed by atoms with van der Waals surface area (Å²) in [5.41, 5.74) is 0.510. The Labute approximate surface area is 151 Å². The summed E-state index contributed by atoms with van der Waals surface area (Å²) in [5.74, 6) is -0.0860. The molecule has 0 bridgehead atoms. The topological polar surface area (TPSA) is 64.0 Å². The number of rotatable bonds is 5. The molecule has 0 fully saturated rings. The third-order valence-electron chi connectivity index (χ3n) is 3.71. The van der Waals surface area contributed by atoms with Crippen molar-refractivity contribution in [2.24, 2.45) is 0 Å². The number of thiophene rings is 1. The number of carbonyl (C=O) groups excluding carboxylic acids is 1. The van der Waals surface area contributed by atoms with Gasteiger partial charge in [0.15, 0.2) is 0 Å². The quantitative estimate of drug-likeness (QED) is 0.706. The lowest BCUT2D eigenvalue weighted by Gasteiger charge is -2.12. The van der Waals surface area contributed by atoms with E-state index in [4.69, 9.17) is 0 Å². The van der Waals surface area contributed by atoms with E-state index in [1.165, 1.54) is 10.9 Å². The highest BCUT2D eigenvalue weighted by Crippen LogP contribution is 2.18. The molecule has 1 aromatic carbocycles. The van der Waals surface area contributed by atoms with Crippen LogP contribution in [-0.2, 0) is 11.3 Å². The number of nitrogens with one attached hydrogen (secondary N) is 1. The fraction of sp³-hybridized carbons (Fsp3) is 0.235. The number of carbonyl (C=O) groups is 1. The van der Waals surface area contributed by atoms with E-state index < -0.39 is 0 Å². The second-order valence-corrected chi connectivity index (χ2v) is 7.35. The minimum Gasteiger partial charge on any atom is -0.349 e. The van der Waals surface area contributed by atoms with E-state index >= 15 is 0 Å². The molecule has 7 heteroatoms. The summed E-state index contributed by atoms with van der Waals surface area (Å²) in [7, 11) is 0. The van der Waals surface area contributed by atoms with Gasteiger partial charge in [-0.25, -0.2) is 4.98 Å². The maximum absolute atomic E-state index is 12.5. The van der Waals surface area contributed by atoms with Crippen LogP contribution in [0.1, 0.15) is 24.3 Å². The van der Waals surface area contributed by atoms with E-state index in [2.05, 4.69) is 26.2 Å². The van der Waals surface area contributed by atoms with Gasteiger partial charge < -0.3 is 5.32 Å². The number of fused-ring (bicyclic) bond motifs is 1. The fourth-order valence-electron chi connectivity index (χ4n) is 2.43. The minimum absolute atomic E-state index is 0.0279. The van der Waals surface area contributed by atoms with Gasteiger partial charge in [0.1, 0.15) is 0 Å². The summed E-state index contributed by atoms with van der Waals surface area (Å²) in [6.45, 7) is 2.25. The largest absolute Gasteiger partial charge is 0.349 e. The molecule has 1 N–H and O–H groups in total. The molecule has 2 aromatic heterocycles. The first-order valence-corrected chi connectivity index (χ1v) is 9.19. The van der Waals surface area contributed by atoms with Crippen LogP contribution in [0.2, 0.25) is 0 Å². The van der Waals surface area contributed by atoms with Crippen LogP contribution in [0, 0.1) is 0 Å². The maximum atomic E-state index is 12.5. The Morgan fingerprint density at radius 2 is 2.25 bits per heavy atom. The summed E-state index contributed by atoms with van der Waals surface area (Å²) in [5, 5.41) is 5.47. The van der Waals surface area contributed by atoms with Crippen LogP contribution >= 0.6 is 27.3 Å². The highest BCUT2D eigenvalue weighted by Gasteiger charge is 2.11. The van der Waals surface area contributed by atoms with Crippen molar-refractivity contribution in [3.63, 3.8) is 0 Å². The monoisotopic (exact) mass is 405 g/mol. The number of aromatic nitrogens is 2. The zero-order valence-corrected chi connectivity index (χ0v) is 15.4. The van der Waals surface area contributed by atoms with Gasteiger partial charge in [-0.05, 0) is 36.6 Å². The average Bonchev–Trinajstić information content (AvgIpc) is 3.09. The molecule has 124 valence electrons. The van der Waals surface area contributed by atoms with Crippen LogP contribution in [0.15, 0.2) is 51.3 Å². The minimum atomic E-state index is -0.139. The van der Waals surface area contributed by atoms with Gasteiger partial charge in [-0.2, -0.15) is 0 Å². The second kappa shape index (κ2) is 7.27. The predicted octanol–water partition coefficient (Wildman–Crippen LogP) is 3.49. The van der Waals surface area contributed by atoms with Gasteiger partial charge in [-0.3, -0.25) is 14.2 Å². The normalized spacial score (nSPS) is 12.2. The van der Waals surface area contributed by atoms with Gasteiger partial charge >= 0.3 is 0 Å². The van der Waals surface area contributed by atoms with Crippen molar-refractivity contribution in [1.82, 2.24) is 14.9 Å². The second-order valence-electron chi connectivity index (χ2n) is 5.46. The molecule has 3 aromatic rings. The first-order valence-electron chi connectivity index (χ1n) is 7.52. The summed E-state index contributed by atoms with van der Waals surface area (Å²) in [4.78, 5) is 30.0. The average molecular weight is 406 g/mol. The lowest BCUT2D eigenvalue weighted by molar-refractivity contribution is -0.121. The van der Waals surface area contributed by atoms with Crippen LogP contribution in [0.5, 0.6) is 0 Å². The van der Waals surface area contributed by atoms with Crippen LogP contribution in [0.4, 0.5) is 0 Å². The molecule has 0 saturated heterocycles. The van der Waals surface area contributed by atoms with E-state index in [1.807, 2.05) is 30.5 Å². The van der Waals surface area contributed by atoms with Crippen molar-refractivity contribution >= 4 is 44.1 Å². The molecule has 0 saturated carbocycles. The number of halogens is 1. The molecule has 0 aliphatic rings. The Hall–Kier alpha value is -1.99. The van der Waals surface area contributed by atoms with Gasteiger partial charge in [0.2, 0.25) is 5.91 Å². The number of amides is 1. The summed E-state index contributed by atoms with van der Waals surface area (Å²) in [6.07, 6.45) is 1.73. The first kappa shape index (κ1) is 16.9. The van der Waals surface area contributed by atoms with Crippen LogP contribution < -0.4 is 10.9 Å². The molecule has 0 aliphatic heterocycles. The van der Waals surface area contributed by atoms with Gasteiger partial charge in [-0.1, -0.05) is 22.0 Å². The van der Waals surface area contributed by atoms with E-state index in [1.54, 1.807) is 23.5 Å². The third-order valence-corrected chi connectivity index (χ3v) is 5.26. The molecule has 5 nitrogen and oxygen atoms in total. The Kier molecular flexibility index (Phi) is 5.11. The summed E-state index contributed by atoms with van der Waals surface area (Å²) in [6, 6.07) is 9.31. The lowest BCUT2D eigenvalue weighted by Crippen LogP contribution is -2.29. The molecule has 0 spiro atoms. The van der Waals surface area contributed by atoms with Gasteiger partial charge in [0.05, 0.1) is 23.3 Å². The fourth-order valence-corrected chi connectivity index (χ4v) is 3.53. The van der Waals surface area contributed by atoms with E-state index in [0.29, 0.717) is 17.4 Å². The van der Waals surface area contributed by atoms with Crippen molar-refractivity contribution in [3.05, 3.63) is 61.7 Å². The van der Waals surface area contributed by atoms with Crippen molar-refractivity contribution in [2.75, 3.05) is 0 Å². The Morgan fingerprint density at radius 1 is 1.42 bits per heavy atom. The lowest BCUT2D eigenvalue weighted by atomic mass is 10.2. The number of aryl methyl sites for hydroxylation is 1. The summed E-state index contributed by atoms with van der Waals surface area (Å²) < 4.78 is 2.30. The Bertz CT molecular complexity index is 921. The SMILES string of the molecule is CC(NC(=O)CCn1cnc2ccc(Br)cc2c1=O)c1cccs1. The first-order chi connectivity index (χ1) is 11.5. The van der Waals surface area contributed by atoms with Crippen LogP contribution in [0.3, 0.4) is 0 Å². The predicted molar refractivity (Wildman–Crippen MR) is 99.2 cm³/mol. The van der Waals surface area contributed by atoms with E-state index in [9.17, 15) is 9.59 Å². The third kappa shape index (κ3) is 3.73. The standard InChI is InChI=1S/C17H16BrN3O2S/c1-11(15-3-2-8-24-15)20-16(22)6-7-21-10-19-14-5-4-12(18)9-13(14)17(21)23/h2-5,8-11H,6-7H2,1H3,(H,20,22). The molecule has 2 heterocycles. The zero-order chi connectivity index (χ0) is 17.1. The van der Waals surface area contributed by atoms with E-state index in [0.717, 1.165) is 9.35 Å². The molecule has 1 atom stereocenters. The summed E-state index contributed by atoms with van der Waals surface area (Å²) >= 11 is 4.97. The van der Waals surface area contributed by atoms with Crippen molar-refractivity contribution < 1.29 is 4.79 Å². The van der Waals surface area contributed by atoms with Gasteiger partial charge in [-0.15, -0.1) is 11.3 Å². The van der Waals surface area contributed by atoms with E-state index in [-0.39, 0.29) is 23.9 Å². The van der Waals surface area contributed by atoms with Crippen molar-refractivity contribution in [3.8, 4) is 0 Å². The molecule has 3 rings (SSSR count). The number of nitrogens with zero attached hydrogens (tertiary/aromatic N) is 2. The zero-order valence-electron chi connectivity index (χ0n) is 13.0. The molecule has 0 radical (unpaired) electrons. The molecule has 0 aliphatic carbocycles. The maximum Gasteiger partial charge on any atom is 0.261 e. The molecule has 1 amide bonds. The molecule has 24 heavy (non-hydrogen) atoms. The van der Waals surface area contributed by atoms with Gasteiger partial charge in [0.25, 0.3) is 5.56 Å². The number of hydrogen-bond acceptors (Lipinski definition) is 4. The highest BCUT2D eigenvalue weighted by atomic mass is 79.9. The van der Waals surface area contributed by atoms with Crippen LogP contribution in [-0.4, -0.2) is 15.5 Å². The smallest absolute Gasteiger partial charge is 0.261 e. The van der Waals surface area contributed by atoms with Crippen LogP contribution in [0.25, 0.3) is 10.9 Å². The number of benzene rings is 1. The molecular formula is C17H16BrN3O2S. The van der Waals surface area contributed by atoms with Crippen molar-refractivity contribution in [2.45, 2.75) is 25.9 Å². The molecular weight excluding hydrogens is 390 g/mol. The Balaban J connectivity index is 1.68. The number of hydrogen-bond donors (Lipinski definition) is 1. The molecule has 1 unspecified atom stereocenters. The highest BCUT2D eigenvalue weighted by molar-refractivity contribution is 9.10. The van der Waals surface area contributed by atoms with Gasteiger partial charge in [0, 0.05) is 22.3 Å². The Morgan fingerprint density at radius 3 is 3.00 bits per heavy atom.